The summed E-state index contributed by atoms with van der Waals surface area (Å²) in [5.74, 6) is -0.104. The lowest BCUT2D eigenvalue weighted by Crippen LogP contribution is -2.37. The fourth-order valence-corrected chi connectivity index (χ4v) is 4.35. The fraction of sp³-hybridized carbons (Fsp3) is 0.250. The number of hydrogen-bond donors (Lipinski definition) is 3. The normalized spacial score (nSPS) is 12.5. The summed E-state index contributed by atoms with van der Waals surface area (Å²) in [6.45, 7) is 5.99. The van der Waals surface area contributed by atoms with E-state index in [1.807, 2.05) is 50.4 Å². The van der Waals surface area contributed by atoms with Crippen molar-refractivity contribution >= 4 is 26.9 Å². The number of guanidine groups is 1. The summed E-state index contributed by atoms with van der Waals surface area (Å²) in [7, 11) is -3.76. The van der Waals surface area contributed by atoms with Crippen molar-refractivity contribution in [1.82, 2.24) is 9.71 Å². The maximum absolute atomic E-state index is 12.6. The summed E-state index contributed by atoms with van der Waals surface area (Å²) in [5, 5.41) is 1.14. The van der Waals surface area contributed by atoms with Gasteiger partial charge in [0.15, 0.2) is 0 Å². The third-order valence-corrected chi connectivity index (χ3v) is 6.15. The number of aliphatic imine (C=N–C) groups is 1. The zero-order valence-corrected chi connectivity index (χ0v) is 16.5. The Hall–Kier alpha value is -2.80. The van der Waals surface area contributed by atoms with Gasteiger partial charge in [-0.3, -0.25) is 4.99 Å². The van der Waals surface area contributed by atoms with Gasteiger partial charge >= 0.3 is 0 Å². The molecule has 3 rings (SSSR count). The van der Waals surface area contributed by atoms with Crippen LogP contribution in [0.4, 0.5) is 0 Å². The Bertz CT molecular complexity index is 1110. The molecule has 0 radical (unpaired) electrons. The first-order chi connectivity index (χ1) is 12.8. The average Bonchev–Trinajstić information content (AvgIpc) is 3.01. The molecule has 0 saturated carbocycles. The molecule has 142 valence electrons. The number of fused-ring (bicyclic) bond motifs is 1. The lowest BCUT2D eigenvalue weighted by atomic mass is 10.1. The Morgan fingerprint density at radius 2 is 1.81 bits per heavy atom. The third-order valence-electron chi connectivity index (χ3n) is 4.66. The van der Waals surface area contributed by atoms with Gasteiger partial charge in [-0.15, -0.1) is 0 Å². The molecular weight excluding hydrogens is 360 g/mol. The van der Waals surface area contributed by atoms with Crippen molar-refractivity contribution in [2.45, 2.75) is 32.1 Å². The van der Waals surface area contributed by atoms with Crippen LogP contribution >= 0.6 is 0 Å². The monoisotopic (exact) mass is 384 g/mol. The average molecular weight is 385 g/mol. The zero-order chi connectivity index (χ0) is 19.6. The van der Waals surface area contributed by atoms with Crippen LogP contribution in [0.3, 0.4) is 0 Å². The summed E-state index contributed by atoms with van der Waals surface area (Å²) < 4.78 is 27.6. The number of sulfonamides is 1. The SMILES string of the molecule is Cc1cc(C)c(S(=O)(=O)NC(N)=NCCc2c[nH]c3ccccc23)cc1C. The molecule has 0 amide bonds. The van der Waals surface area contributed by atoms with Gasteiger partial charge in [0.2, 0.25) is 5.96 Å². The topological polar surface area (TPSA) is 100 Å². The van der Waals surface area contributed by atoms with Crippen molar-refractivity contribution in [1.29, 1.82) is 0 Å². The Balaban J connectivity index is 1.70. The molecule has 0 aliphatic rings. The first-order valence-electron chi connectivity index (χ1n) is 8.73. The molecule has 0 aliphatic heterocycles. The Morgan fingerprint density at radius 3 is 2.59 bits per heavy atom. The number of rotatable bonds is 5. The van der Waals surface area contributed by atoms with E-state index in [1.165, 1.54) is 0 Å². The second kappa shape index (κ2) is 7.44. The van der Waals surface area contributed by atoms with Gasteiger partial charge in [0.25, 0.3) is 10.0 Å². The van der Waals surface area contributed by atoms with E-state index >= 15 is 0 Å². The second-order valence-corrected chi connectivity index (χ2v) is 8.33. The van der Waals surface area contributed by atoms with Crippen LogP contribution in [0.15, 0.2) is 52.5 Å². The van der Waals surface area contributed by atoms with Crippen LogP contribution in [-0.4, -0.2) is 25.9 Å². The molecule has 27 heavy (non-hydrogen) atoms. The minimum Gasteiger partial charge on any atom is -0.369 e. The number of aromatic nitrogens is 1. The molecule has 0 atom stereocenters. The molecule has 0 fully saturated rings. The van der Waals surface area contributed by atoms with E-state index in [4.69, 9.17) is 5.73 Å². The zero-order valence-electron chi connectivity index (χ0n) is 15.7. The van der Waals surface area contributed by atoms with E-state index in [0.29, 0.717) is 18.5 Å². The van der Waals surface area contributed by atoms with Crippen molar-refractivity contribution < 1.29 is 8.42 Å². The lowest BCUT2D eigenvalue weighted by Gasteiger charge is -2.12. The largest absolute Gasteiger partial charge is 0.369 e. The number of nitrogens with zero attached hydrogens (tertiary/aromatic N) is 1. The van der Waals surface area contributed by atoms with Crippen LogP contribution in [0.5, 0.6) is 0 Å². The predicted octanol–water partition coefficient (Wildman–Crippen LogP) is 2.93. The molecule has 4 N–H and O–H groups in total. The maximum Gasteiger partial charge on any atom is 0.264 e. The molecular formula is C20H24N4O2S. The summed E-state index contributed by atoms with van der Waals surface area (Å²) in [4.78, 5) is 7.61. The van der Waals surface area contributed by atoms with Gasteiger partial charge < -0.3 is 10.7 Å². The third kappa shape index (κ3) is 4.14. The number of H-pyrrole nitrogens is 1. The molecule has 0 unspecified atom stereocenters. The smallest absolute Gasteiger partial charge is 0.264 e. The van der Waals surface area contributed by atoms with Crippen LogP contribution in [0, 0.1) is 20.8 Å². The van der Waals surface area contributed by atoms with E-state index < -0.39 is 10.0 Å². The molecule has 0 saturated heterocycles. The molecule has 1 heterocycles. The summed E-state index contributed by atoms with van der Waals surface area (Å²) in [6, 6.07) is 11.5. The first kappa shape index (κ1) is 19.0. The molecule has 2 aromatic carbocycles. The van der Waals surface area contributed by atoms with Crippen LogP contribution in [0.2, 0.25) is 0 Å². The number of nitrogens with two attached hydrogens (primary N) is 1. The Kier molecular flexibility index (Phi) is 5.23. The number of nitrogens with one attached hydrogen (secondary N) is 2. The van der Waals surface area contributed by atoms with Crippen LogP contribution in [-0.2, 0) is 16.4 Å². The van der Waals surface area contributed by atoms with Crippen molar-refractivity contribution in [2.24, 2.45) is 10.7 Å². The molecule has 0 bridgehead atoms. The number of aryl methyl sites for hydroxylation is 3. The van der Waals surface area contributed by atoms with E-state index in [2.05, 4.69) is 14.7 Å². The highest BCUT2D eigenvalue weighted by atomic mass is 32.2. The highest BCUT2D eigenvalue weighted by Crippen LogP contribution is 2.20. The van der Waals surface area contributed by atoms with Gasteiger partial charge in [-0.1, -0.05) is 24.3 Å². The minimum absolute atomic E-state index is 0.104. The van der Waals surface area contributed by atoms with Gasteiger partial charge in [-0.25, -0.2) is 13.1 Å². The number of aromatic amines is 1. The molecule has 7 heteroatoms. The van der Waals surface area contributed by atoms with E-state index in [-0.39, 0.29) is 10.9 Å². The summed E-state index contributed by atoms with van der Waals surface area (Å²) in [5.41, 5.74) is 10.6. The second-order valence-electron chi connectivity index (χ2n) is 6.68. The molecule has 1 aromatic heterocycles. The van der Waals surface area contributed by atoms with E-state index in [0.717, 1.165) is 27.6 Å². The van der Waals surface area contributed by atoms with Gasteiger partial charge in [-0.05, 0) is 61.6 Å². The highest BCUT2D eigenvalue weighted by Gasteiger charge is 2.18. The summed E-state index contributed by atoms with van der Waals surface area (Å²) >= 11 is 0. The molecule has 0 aliphatic carbocycles. The van der Waals surface area contributed by atoms with Crippen LogP contribution < -0.4 is 10.5 Å². The highest BCUT2D eigenvalue weighted by molar-refractivity contribution is 7.90. The Morgan fingerprint density at radius 1 is 1.11 bits per heavy atom. The quantitative estimate of drug-likeness (QED) is 0.466. The molecule has 3 aromatic rings. The van der Waals surface area contributed by atoms with Crippen LogP contribution in [0.1, 0.15) is 22.3 Å². The fourth-order valence-electron chi connectivity index (χ4n) is 3.08. The van der Waals surface area contributed by atoms with Gasteiger partial charge in [0.05, 0.1) is 4.90 Å². The van der Waals surface area contributed by atoms with E-state index in [1.54, 1.807) is 13.0 Å². The summed E-state index contributed by atoms with van der Waals surface area (Å²) in [6.07, 6.45) is 2.61. The number of hydrogen-bond acceptors (Lipinski definition) is 3. The van der Waals surface area contributed by atoms with Gasteiger partial charge in [0.1, 0.15) is 0 Å². The van der Waals surface area contributed by atoms with Crippen molar-refractivity contribution in [2.75, 3.05) is 6.54 Å². The minimum atomic E-state index is -3.76. The van der Waals surface area contributed by atoms with Gasteiger partial charge in [-0.2, -0.15) is 0 Å². The van der Waals surface area contributed by atoms with Crippen molar-refractivity contribution in [3.8, 4) is 0 Å². The Labute approximate surface area is 159 Å². The van der Waals surface area contributed by atoms with Crippen LogP contribution in [0.25, 0.3) is 10.9 Å². The predicted molar refractivity (Wildman–Crippen MR) is 109 cm³/mol. The lowest BCUT2D eigenvalue weighted by molar-refractivity contribution is 0.591. The standard InChI is InChI=1S/C20H24N4O2S/c1-13-10-15(3)19(11-14(13)2)27(25,26)24-20(21)22-9-8-16-12-23-18-7-5-4-6-17(16)18/h4-7,10-12,23H,8-9H2,1-3H3,(H3,21,22,24). The first-order valence-corrected chi connectivity index (χ1v) is 10.2. The molecule has 6 nitrogen and oxygen atoms in total. The van der Waals surface area contributed by atoms with Gasteiger partial charge in [0, 0.05) is 23.6 Å². The van der Waals surface area contributed by atoms with Crippen molar-refractivity contribution in [3.05, 3.63) is 64.8 Å². The molecule has 0 spiro atoms. The van der Waals surface area contributed by atoms with E-state index in [9.17, 15) is 8.42 Å². The van der Waals surface area contributed by atoms with Crippen molar-refractivity contribution in [3.63, 3.8) is 0 Å². The number of para-hydroxylation sites is 1. The maximum atomic E-state index is 12.6. The number of benzene rings is 2.